The van der Waals surface area contributed by atoms with Crippen LogP contribution in [-0.4, -0.2) is 9.78 Å². The zero-order valence-electron chi connectivity index (χ0n) is 10.2. The van der Waals surface area contributed by atoms with Gasteiger partial charge in [-0.15, -0.1) is 0 Å². The highest BCUT2D eigenvalue weighted by Crippen LogP contribution is 2.22. The van der Waals surface area contributed by atoms with Crippen LogP contribution >= 0.6 is 34.2 Å². The van der Waals surface area contributed by atoms with Crippen LogP contribution in [0.3, 0.4) is 0 Å². The molecule has 0 saturated heterocycles. The van der Waals surface area contributed by atoms with E-state index >= 15 is 0 Å². The van der Waals surface area contributed by atoms with E-state index in [4.69, 9.17) is 11.6 Å². The number of nitrogens with one attached hydrogen (secondary N) is 1. The predicted octanol–water partition coefficient (Wildman–Crippen LogP) is 4.16. The van der Waals surface area contributed by atoms with Crippen molar-refractivity contribution < 1.29 is 0 Å². The molecule has 0 amide bonds. The minimum atomic E-state index is 0.765. The molecule has 0 aliphatic rings. The summed E-state index contributed by atoms with van der Waals surface area (Å²) in [6, 6.07) is 5.85. The maximum atomic E-state index is 5.93. The van der Waals surface area contributed by atoms with Crippen LogP contribution in [-0.2, 0) is 13.1 Å². The molecule has 2 rings (SSSR count). The second kappa shape index (κ2) is 6.43. The Kier molecular flexibility index (Phi) is 4.88. The van der Waals surface area contributed by atoms with Crippen LogP contribution < -0.4 is 5.32 Å². The topological polar surface area (TPSA) is 29.9 Å². The van der Waals surface area contributed by atoms with E-state index in [-0.39, 0.29) is 0 Å². The van der Waals surface area contributed by atoms with E-state index in [1.807, 2.05) is 29.1 Å². The Hall–Kier alpha value is -0.750. The molecule has 1 heterocycles. The van der Waals surface area contributed by atoms with Crippen molar-refractivity contribution in [3.8, 4) is 0 Å². The van der Waals surface area contributed by atoms with Crippen molar-refractivity contribution in [3.63, 3.8) is 0 Å². The second-order valence-corrected chi connectivity index (χ2v) is 5.69. The van der Waals surface area contributed by atoms with E-state index in [0.29, 0.717) is 0 Å². The van der Waals surface area contributed by atoms with Gasteiger partial charge in [-0.25, -0.2) is 0 Å². The predicted molar refractivity (Wildman–Crippen MR) is 84.0 cm³/mol. The molecule has 96 valence electrons. The fourth-order valence-corrected chi connectivity index (χ4v) is 2.74. The van der Waals surface area contributed by atoms with E-state index < -0.39 is 0 Å². The summed E-state index contributed by atoms with van der Waals surface area (Å²) in [7, 11) is 0. The van der Waals surface area contributed by atoms with Crippen molar-refractivity contribution in [2.24, 2.45) is 0 Å². The van der Waals surface area contributed by atoms with E-state index in [2.05, 4.69) is 46.1 Å². The molecule has 0 aliphatic heterocycles. The van der Waals surface area contributed by atoms with Gasteiger partial charge in [-0.2, -0.15) is 5.10 Å². The third-order valence-electron chi connectivity index (χ3n) is 2.55. The number of rotatable bonds is 5. The summed E-state index contributed by atoms with van der Waals surface area (Å²) in [4.78, 5) is 0. The number of aryl methyl sites for hydroxylation is 1. The Morgan fingerprint density at radius 3 is 3.00 bits per heavy atom. The molecule has 0 fully saturated rings. The zero-order valence-corrected chi connectivity index (χ0v) is 13.1. The van der Waals surface area contributed by atoms with Gasteiger partial charge in [-0.3, -0.25) is 4.68 Å². The summed E-state index contributed by atoms with van der Waals surface area (Å²) in [5.41, 5.74) is 2.29. The number of nitrogens with zero attached hydrogens (tertiary/aromatic N) is 2. The molecule has 5 heteroatoms. The van der Waals surface area contributed by atoms with Gasteiger partial charge in [0.25, 0.3) is 0 Å². The molecule has 1 aromatic carbocycles. The molecule has 1 aromatic heterocycles. The van der Waals surface area contributed by atoms with Gasteiger partial charge in [0.05, 0.1) is 6.20 Å². The van der Waals surface area contributed by atoms with E-state index in [0.717, 1.165) is 33.8 Å². The summed E-state index contributed by atoms with van der Waals surface area (Å²) < 4.78 is 3.10. The summed E-state index contributed by atoms with van der Waals surface area (Å²) in [5, 5.41) is 8.47. The van der Waals surface area contributed by atoms with E-state index in [9.17, 15) is 0 Å². The lowest BCUT2D eigenvalue weighted by molar-refractivity contribution is 0.602. The first-order valence-electron chi connectivity index (χ1n) is 5.89. The number of hydrogen-bond acceptors (Lipinski definition) is 2. The second-order valence-electron chi connectivity index (χ2n) is 4.09. The third-order valence-corrected chi connectivity index (χ3v) is 3.68. The molecular weight excluding hydrogens is 361 g/mol. The maximum absolute atomic E-state index is 5.93. The molecule has 2 aromatic rings. The van der Waals surface area contributed by atoms with Crippen LogP contribution in [0.2, 0.25) is 5.02 Å². The molecule has 0 saturated carbocycles. The normalized spacial score (nSPS) is 10.6. The van der Waals surface area contributed by atoms with Crippen LogP contribution in [0.1, 0.15) is 18.9 Å². The van der Waals surface area contributed by atoms with E-state index in [1.54, 1.807) is 0 Å². The van der Waals surface area contributed by atoms with Gasteiger partial charge in [0, 0.05) is 39.1 Å². The van der Waals surface area contributed by atoms with Gasteiger partial charge in [-0.05, 0) is 47.2 Å². The van der Waals surface area contributed by atoms with Crippen molar-refractivity contribution in [3.05, 3.63) is 44.7 Å². The number of halogens is 2. The lowest BCUT2D eigenvalue weighted by Crippen LogP contribution is -2.00. The molecule has 18 heavy (non-hydrogen) atoms. The van der Waals surface area contributed by atoms with Gasteiger partial charge >= 0.3 is 0 Å². The highest BCUT2D eigenvalue weighted by molar-refractivity contribution is 14.1. The van der Waals surface area contributed by atoms with Gasteiger partial charge in [-0.1, -0.05) is 18.5 Å². The van der Waals surface area contributed by atoms with Crippen molar-refractivity contribution in [2.75, 3.05) is 5.32 Å². The minimum Gasteiger partial charge on any atom is -0.380 e. The van der Waals surface area contributed by atoms with Gasteiger partial charge in [0.1, 0.15) is 0 Å². The number of anilines is 1. The average molecular weight is 376 g/mol. The van der Waals surface area contributed by atoms with Crippen molar-refractivity contribution in [1.82, 2.24) is 9.78 Å². The summed E-state index contributed by atoms with van der Waals surface area (Å²) in [6.07, 6.45) is 5.09. The number of benzene rings is 1. The first-order chi connectivity index (χ1) is 8.69. The Balaban J connectivity index is 1.97. The maximum Gasteiger partial charge on any atom is 0.0539 e. The smallest absolute Gasteiger partial charge is 0.0539 e. The molecule has 0 unspecified atom stereocenters. The summed E-state index contributed by atoms with van der Waals surface area (Å²) >= 11 is 8.21. The van der Waals surface area contributed by atoms with Crippen LogP contribution in [0.25, 0.3) is 0 Å². The van der Waals surface area contributed by atoms with Crippen molar-refractivity contribution in [2.45, 2.75) is 26.4 Å². The zero-order chi connectivity index (χ0) is 13.0. The summed E-state index contributed by atoms with van der Waals surface area (Å²) in [6.45, 7) is 3.90. The molecule has 1 N–H and O–H groups in total. The average Bonchev–Trinajstić information content (AvgIpc) is 2.76. The minimum absolute atomic E-state index is 0.765. The fraction of sp³-hybridized carbons (Fsp3) is 0.308. The molecule has 0 radical (unpaired) electrons. The highest BCUT2D eigenvalue weighted by Gasteiger charge is 2.02. The molecular formula is C13H15ClIN3. The molecule has 0 spiro atoms. The molecule has 0 aliphatic carbocycles. The fourth-order valence-electron chi connectivity index (χ4n) is 1.68. The van der Waals surface area contributed by atoms with Gasteiger partial charge in [0.15, 0.2) is 0 Å². The van der Waals surface area contributed by atoms with Crippen LogP contribution in [0.15, 0.2) is 30.6 Å². The standard InChI is InChI=1S/C13H15ClIN3/c1-2-5-18-9-10(8-17-18)7-16-13-4-3-11(14)6-12(13)15/h3-4,6,8-9,16H,2,5,7H2,1H3. The Morgan fingerprint density at radius 2 is 2.28 bits per heavy atom. The Morgan fingerprint density at radius 1 is 1.44 bits per heavy atom. The number of aromatic nitrogens is 2. The number of hydrogen-bond donors (Lipinski definition) is 1. The van der Waals surface area contributed by atoms with Crippen LogP contribution in [0, 0.1) is 3.57 Å². The molecule has 0 bridgehead atoms. The SMILES string of the molecule is CCCn1cc(CNc2ccc(Cl)cc2I)cn1. The largest absolute Gasteiger partial charge is 0.380 e. The lowest BCUT2D eigenvalue weighted by Gasteiger charge is -2.07. The van der Waals surface area contributed by atoms with Gasteiger partial charge in [0.2, 0.25) is 0 Å². The van der Waals surface area contributed by atoms with Crippen LogP contribution in [0.5, 0.6) is 0 Å². The lowest BCUT2D eigenvalue weighted by atomic mass is 10.3. The summed E-state index contributed by atoms with van der Waals surface area (Å²) in [5.74, 6) is 0. The first-order valence-corrected chi connectivity index (χ1v) is 7.35. The molecule has 3 nitrogen and oxygen atoms in total. The first kappa shape index (κ1) is 13.7. The highest BCUT2D eigenvalue weighted by atomic mass is 127. The Labute approximate surface area is 126 Å². The monoisotopic (exact) mass is 375 g/mol. The third kappa shape index (κ3) is 3.62. The van der Waals surface area contributed by atoms with Crippen LogP contribution in [0.4, 0.5) is 5.69 Å². The van der Waals surface area contributed by atoms with Gasteiger partial charge < -0.3 is 5.32 Å². The van der Waals surface area contributed by atoms with Crippen molar-refractivity contribution in [1.29, 1.82) is 0 Å². The van der Waals surface area contributed by atoms with Crippen molar-refractivity contribution >= 4 is 39.9 Å². The Bertz CT molecular complexity index is 525. The quantitative estimate of drug-likeness (QED) is 0.795. The molecule has 0 atom stereocenters. The van der Waals surface area contributed by atoms with E-state index in [1.165, 1.54) is 5.56 Å².